The van der Waals surface area contributed by atoms with E-state index in [0.29, 0.717) is 11.0 Å². The van der Waals surface area contributed by atoms with Gasteiger partial charge < -0.3 is 10.2 Å². The van der Waals surface area contributed by atoms with Gasteiger partial charge in [0.1, 0.15) is 11.6 Å². The summed E-state index contributed by atoms with van der Waals surface area (Å²) >= 11 is 6.00. The Labute approximate surface area is 181 Å². The van der Waals surface area contributed by atoms with Gasteiger partial charge in [0.25, 0.3) is 0 Å². The molecule has 1 N–H and O–H groups in total. The summed E-state index contributed by atoms with van der Waals surface area (Å²) in [5.41, 5.74) is 3.17. The number of hydrogen-bond donors (Lipinski definition) is 1. The van der Waals surface area contributed by atoms with Crippen LogP contribution in [-0.4, -0.2) is 28.5 Å². The first-order chi connectivity index (χ1) is 14.7. The molecule has 0 radical (unpaired) electrons. The molecule has 2 heterocycles. The van der Waals surface area contributed by atoms with Crippen LogP contribution in [0.1, 0.15) is 5.56 Å². The first-order valence-corrected chi connectivity index (χ1v) is 10.1. The van der Waals surface area contributed by atoms with Crippen LogP contribution in [0.25, 0.3) is 11.3 Å². The van der Waals surface area contributed by atoms with Crippen molar-refractivity contribution in [3.63, 3.8) is 0 Å². The summed E-state index contributed by atoms with van der Waals surface area (Å²) in [6.07, 6.45) is 2.67. The van der Waals surface area contributed by atoms with E-state index in [2.05, 4.69) is 27.4 Å². The molecule has 0 aliphatic carbocycles. The van der Waals surface area contributed by atoms with Crippen molar-refractivity contribution in [1.29, 1.82) is 0 Å². The van der Waals surface area contributed by atoms with Crippen LogP contribution in [0.2, 0.25) is 5.02 Å². The van der Waals surface area contributed by atoms with Crippen molar-refractivity contribution in [2.45, 2.75) is 6.42 Å². The molecule has 0 unspecified atom stereocenters. The molecular weight excluding hydrogens is 394 g/mol. The molecule has 0 saturated heterocycles. The van der Waals surface area contributed by atoms with E-state index in [4.69, 9.17) is 16.6 Å². The Bertz CT molecular complexity index is 1100. The fourth-order valence-electron chi connectivity index (χ4n) is 3.09. The normalized spacial score (nSPS) is 10.6. The molecule has 0 amide bonds. The van der Waals surface area contributed by atoms with Gasteiger partial charge in [-0.15, -0.1) is 0 Å². The molecule has 150 valence electrons. The number of halogens is 1. The van der Waals surface area contributed by atoms with Crippen LogP contribution < -0.4 is 10.2 Å². The fourth-order valence-corrected chi connectivity index (χ4v) is 3.22. The van der Waals surface area contributed by atoms with E-state index in [1.54, 1.807) is 6.20 Å². The quantitative estimate of drug-likeness (QED) is 0.425. The van der Waals surface area contributed by atoms with Crippen molar-refractivity contribution in [2.24, 2.45) is 0 Å². The summed E-state index contributed by atoms with van der Waals surface area (Å²) in [5, 5.41) is 4.01. The molecular formula is C24H22ClN5. The molecule has 0 atom stereocenters. The summed E-state index contributed by atoms with van der Waals surface area (Å²) in [4.78, 5) is 15.7. The molecule has 0 aliphatic heterocycles. The highest BCUT2D eigenvalue weighted by atomic mass is 35.5. The minimum absolute atomic E-state index is 0.601. The smallest absolute Gasteiger partial charge is 0.224 e. The second kappa shape index (κ2) is 9.37. The SMILES string of the molecule is CN(c1cccc(-c2ccc(Cl)cc2)n1)c1ccnc(NCCc2ccccc2)n1. The summed E-state index contributed by atoms with van der Waals surface area (Å²) in [5.74, 6) is 2.17. The lowest BCUT2D eigenvalue weighted by Gasteiger charge is -2.18. The number of aromatic nitrogens is 3. The summed E-state index contributed by atoms with van der Waals surface area (Å²) in [6.45, 7) is 0.765. The zero-order valence-corrected chi connectivity index (χ0v) is 17.4. The monoisotopic (exact) mass is 415 g/mol. The van der Waals surface area contributed by atoms with Crippen molar-refractivity contribution in [3.8, 4) is 11.3 Å². The van der Waals surface area contributed by atoms with Crippen molar-refractivity contribution < 1.29 is 0 Å². The topological polar surface area (TPSA) is 53.9 Å². The fraction of sp³-hybridized carbons (Fsp3) is 0.125. The van der Waals surface area contributed by atoms with E-state index >= 15 is 0 Å². The lowest BCUT2D eigenvalue weighted by Crippen LogP contribution is -2.15. The van der Waals surface area contributed by atoms with Gasteiger partial charge in [-0.3, -0.25) is 0 Å². The maximum atomic E-state index is 6.00. The minimum atomic E-state index is 0.601. The van der Waals surface area contributed by atoms with Gasteiger partial charge in [-0.1, -0.05) is 60.1 Å². The number of rotatable bonds is 7. The molecule has 6 heteroatoms. The van der Waals surface area contributed by atoms with Gasteiger partial charge in [-0.05, 0) is 42.3 Å². The average Bonchev–Trinajstić information content (AvgIpc) is 2.80. The molecule has 4 aromatic rings. The maximum absolute atomic E-state index is 6.00. The summed E-state index contributed by atoms with van der Waals surface area (Å²) in [7, 11) is 1.95. The van der Waals surface area contributed by atoms with Gasteiger partial charge in [-0.25, -0.2) is 9.97 Å². The molecule has 0 spiro atoms. The second-order valence-electron chi connectivity index (χ2n) is 6.85. The molecule has 0 aliphatic rings. The summed E-state index contributed by atoms with van der Waals surface area (Å²) < 4.78 is 0. The first kappa shape index (κ1) is 19.9. The number of hydrogen-bond acceptors (Lipinski definition) is 5. The van der Waals surface area contributed by atoms with E-state index in [1.807, 2.05) is 78.7 Å². The number of nitrogens with one attached hydrogen (secondary N) is 1. The minimum Gasteiger partial charge on any atom is -0.354 e. The largest absolute Gasteiger partial charge is 0.354 e. The van der Waals surface area contributed by atoms with Crippen molar-refractivity contribution in [1.82, 2.24) is 15.0 Å². The van der Waals surface area contributed by atoms with Gasteiger partial charge in [-0.2, -0.15) is 4.98 Å². The number of anilines is 3. The van der Waals surface area contributed by atoms with Crippen molar-refractivity contribution in [2.75, 3.05) is 23.8 Å². The summed E-state index contributed by atoms with van der Waals surface area (Å²) in [6, 6.07) is 25.8. The molecule has 0 bridgehead atoms. The van der Waals surface area contributed by atoms with Crippen LogP contribution >= 0.6 is 11.6 Å². The lowest BCUT2D eigenvalue weighted by molar-refractivity contribution is 0.973. The molecule has 2 aromatic heterocycles. The lowest BCUT2D eigenvalue weighted by atomic mass is 10.1. The molecule has 5 nitrogen and oxygen atoms in total. The van der Waals surface area contributed by atoms with Crippen LogP contribution in [-0.2, 0) is 6.42 Å². The Morgan fingerprint density at radius 2 is 1.60 bits per heavy atom. The third kappa shape index (κ3) is 4.93. The van der Waals surface area contributed by atoms with E-state index in [9.17, 15) is 0 Å². The maximum Gasteiger partial charge on any atom is 0.224 e. The van der Waals surface area contributed by atoms with Crippen LogP contribution in [0.15, 0.2) is 85.1 Å². The predicted molar refractivity (Wildman–Crippen MR) is 123 cm³/mol. The van der Waals surface area contributed by atoms with Crippen LogP contribution in [0.3, 0.4) is 0 Å². The Morgan fingerprint density at radius 3 is 2.40 bits per heavy atom. The first-order valence-electron chi connectivity index (χ1n) is 9.76. The highest BCUT2D eigenvalue weighted by Crippen LogP contribution is 2.25. The Balaban J connectivity index is 1.47. The van der Waals surface area contributed by atoms with Crippen molar-refractivity contribution >= 4 is 29.2 Å². The molecule has 4 rings (SSSR count). The van der Waals surface area contributed by atoms with E-state index in [0.717, 1.165) is 35.9 Å². The zero-order chi connectivity index (χ0) is 20.8. The van der Waals surface area contributed by atoms with Gasteiger partial charge in [0.2, 0.25) is 5.95 Å². The van der Waals surface area contributed by atoms with Gasteiger partial charge in [0.15, 0.2) is 0 Å². The Kier molecular flexibility index (Phi) is 6.20. The highest BCUT2D eigenvalue weighted by molar-refractivity contribution is 6.30. The van der Waals surface area contributed by atoms with E-state index in [1.165, 1.54) is 5.56 Å². The van der Waals surface area contributed by atoms with Gasteiger partial charge in [0.05, 0.1) is 5.69 Å². The third-order valence-corrected chi connectivity index (χ3v) is 4.99. The van der Waals surface area contributed by atoms with Gasteiger partial charge >= 0.3 is 0 Å². The molecule has 0 saturated carbocycles. The third-order valence-electron chi connectivity index (χ3n) is 4.74. The van der Waals surface area contributed by atoms with Crippen LogP contribution in [0.4, 0.5) is 17.6 Å². The molecule has 2 aromatic carbocycles. The standard InChI is InChI=1S/C24H22ClN5/c1-30(22-9-5-8-21(28-22)19-10-12-20(25)13-11-19)23-15-17-27-24(29-23)26-16-14-18-6-3-2-4-7-18/h2-13,15,17H,14,16H2,1H3,(H,26,27,29). The molecule has 0 fully saturated rings. The predicted octanol–water partition coefficient (Wildman–Crippen LogP) is 5.61. The van der Waals surface area contributed by atoms with Crippen LogP contribution in [0.5, 0.6) is 0 Å². The van der Waals surface area contributed by atoms with E-state index < -0.39 is 0 Å². The van der Waals surface area contributed by atoms with E-state index in [-0.39, 0.29) is 0 Å². The number of nitrogens with zero attached hydrogens (tertiary/aromatic N) is 4. The van der Waals surface area contributed by atoms with Crippen molar-refractivity contribution in [3.05, 3.63) is 95.6 Å². The zero-order valence-electron chi connectivity index (χ0n) is 16.7. The number of pyridine rings is 1. The van der Waals surface area contributed by atoms with Crippen LogP contribution in [0, 0.1) is 0 Å². The number of benzene rings is 2. The molecule has 30 heavy (non-hydrogen) atoms. The van der Waals surface area contributed by atoms with Gasteiger partial charge in [0, 0.05) is 30.4 Å². The average molecular weight is 416 g/mol. The highest BCUT2D eigenvalue weighted by Gasteiger charge is 2.10. The Hall–Kier alpha value is -3.44. The second-order valence-corrected chi connectivity index (χ2v) is 7.28. The Morgan fingerprint density at radius 1 is 0.833 bits per heavy atom.